The highest BCUT2D eigenvalue weighted by atomic mass is 28.3. The summed E-state index contributed by atoms with van der Waals surface area (Å²) in [7, 11) is -1.59. The summed E-state index contributed by atoms with van der Waals surface area (Å²) in [6.07, 6.45) is 6.40. The quantitative estimate of drug-likeness (QED) is 0.216. The predicted molar refractivity (Wildman–Crippen MR) is 102 cm³/mol. The minimum Gasteiger partial charge on any atom is -0.478 e. The van der Waals surface area contributed by atoms with E-state index in [9.17, 15) is 9.59 Å². The zero-order valence-electron chi connectivity index (χ0n) is 15.9. The molecule has 0 aliphatic rings. The minimum atomic E-state index is -1.59. The highest BCUT2D eigenvalue weighted by Gasteiger charge is 2.13. The molecule has 0 fully saturated rings. The van der Waals surface area contributed by atoms with Crippen LogP contribution in [0.3, 0.4) is 0 Å². The van der Waals surface area contributed by atoms with Gasteiger partial charge in [0.1, 0.15) is 0 Å². The van der Waals surface area contributed by atoms with Gasteiger partial charge in [-0.3, -0.25) is 0 Å². The number of carbonyl (C=O) groups excluding carboxylic acids is 1. The molecular weight excluding hydrogens is 340 g/mol. The summed E-state index contributed by atoms with van der Waals surface area (Å²) in [5.74, 6) is -1.30. The summed E-state index contributed by atoms with van der Waals surface area (Å²) < 4.78 is 16.6. The Hall–Kier alpha value is -1.44. The van der Waals surface area contributed by atoms with Crippen molar-refractivity contribution < 1.29 is 28.3 Å². The summed E-state index contributed by atoms with van der Waals surface area (Å²) in [5, 5.41) is 7.89. The fourth-order valence-corrected chi connectivity index (χ4v) is 3.20. The number of esters is 1. The van der Waals surface area contributed by atoms with Gasteiger partial charge in [-0.15, -0.1) is 0 Å². The van der Waals surface area contributed by atoms with E-state index in [0.29, 0.717) is 6.61 Å². The predicted octanol–water partition coefficient (Wildman–Crippen LogP) is 3.61. The average Bonchev–Trinajstić information content (AvgIpc) is 2.58. The van der Waals surface area contributed by atoms with Crippen molar-refractivity contribution in [1.82, 2.24) is 0 Å². The SMILES string of the molecule is C=C(C)C(=O)O.C=CC(=O)OCCC[SiH](OCCCC)OCCCC. The smallest absolute Gasteiger partial charge is 0.330 e. The number of hydrogen-bond donors (Lipinski definition) is 1. The van der Waals surface area contributed by atoms with Gasteiger partial charge in [-0.05, 0) is 32.2 Å². The molecule has 0 atom stereocenters. The molecule has 25 heavy (non-hydrogen) atoms. The number of unbranched alkanes of at least 4 members (excludes halogenated alkanes) is 2. The largest absolute Gasteiger partial charge is 0.478 e. The summed E-state index contributed by atoms with van der Waals surface area (Å²) in [6.45, 7) is 14.2. The van der Waals surface area contributed by atoms with Crippen molar-refractivity contribution in [3.8, 4) is 0 Å². The maximum absolute atomic E-state index is 10.9. The Balaban J connectivity index is 0. The fraction of sp³-hybridized carbons (Fsp3) is 0.667. The Kier molecular flexibility index (Phi) is 19.5. The van der Waals surface area contributed by atoms with E-state index < -0.39 is 15.3 Å². The molecule has 1 N–H and O–H groups in total. The molecule has 0 aromatic heterocycles. The molecule has 146 valence electrons. The van der Waals surface area contributed by atoms with Crippen molar-refractivity contribution >= 4 is 21.2 Å². The molecule has 0 heterocycles. The summed E-state index contributed by atoms with van der Waals surface area (Å²) >= 11 is 0. The second kappa shape index (κ2) is 18.9. The van der Waals surface area contributed by atoms with Gasteiger partial charge in [0.2, 0.25) is 0 Å². The van der Waals surface area contributed by atoms with E-state index in [4.69, 9.17) is 18.7 Å². The molecule has 0 aromatic rings. The molecule has 0 radical (unpaired) electrons. The second-order valence-electron chi connectivity index (χ2n) is 5.48. The van der Waals surface area contributed by atoms with Gasteiger partial charge in [0.25, 0.3) is 0 Å². The lowest BCUT2D eigenvalue weighted by molar-refractivity contribution is -0.137. The van der Waals surface area contributed by atoms with Crippen molar-refractivity contribution in [2.45, 2.75) is 58.9 Å². The van der Waals surface area contributed by atoms with Crippen LogP contribution in [0.2, 0.25) is 6.04 Å². The van der Waals surface area contributed by atoms with Crippen LogP contribution in [0, 0.1) is 0 Å². The van der Waals surface area contributed by atoms with Gasteiger partial charge in [0.15, 0.2) is 0 Å². The van der Waals surface area contributed by atoms with Crippen molar-refractivity contribution in [2.75, 3.05) is 19.8 Å². The van der Waals surface area contributed by atoms with Crippen molar-refractivity contribution in [2.24, 2.45) is 0 Å². The Morgan fingerprint density at radius 1 is 1.04 bits per heavy atom. The third-order valence-corrected chi connectivity index (χ3v) is 5.06. The zero-order valence-corrected chi connectivity index (χ0v) is 17.1. The van der Waals surface area contributed by atoms with Gasteiger partial charge >= 0.3 is 21.2 Å². The van der Waals surface area contributed by atoms with Crippen LogP contribution in [-0.2, 0) is 23.2 Å². The van der Waals surface area contributed by atoms with Crippen molar-refractivity contribution in [3.05, 3.63) is 24.8 Å². The Labute approximate surface area is 153 Å². The lowest BCUT2D eigenvalue weighted by Gasteiger charge is -2.16. The van der Waals surface area contributed by atoms with E-state index in [2.05, 4.69) is 27.0 Å². The molecule has 6 nitrogen and oxygen atoms in total. The number of rotatable bonds is 14. The van der Waals surface area contributed by atoms with E-state index in [1.165, 1.54) is 13.0 Å². The van der Waals surface area contributed by atoms with Crippen LogP contribution in [0.25, 0.3) is 0 Å². The van der Waals surface area contributed by atoms with E-state index >= 15 is 0 Å². The van der Waals surface area contributed by atoms with Gasteiger partial charge in [-0.2, -0.15) is 0 Å². The lowest BCUT2D eigenvalue weighted by Crippen LogP contribution is -2.24. The number of carbonyl (C=O) groups is 2. The monoisotopic (exact) mass is 374 g/mol. The Morgan fingerprint density at radius 2 is 1.52 bits per heavy atom. The molecule has 0 unspecified atom stereocenters. The Bertz CT molecular complexity index is 362. The molecule has 0 rings (SSSR count). The number of ether oxygens (including phenoxy) is 1. The van der Waals surface area contributed by atoms with Gasteiger partial charge in [0, 0.05) is 24.9 Å². The molecule has 7 heteroatoms. The number of carboxylic acid groups (broad SMARTS) is 1. The third kappa shape index (κ3) is 20.5. The average molecular weight is 375 g/mol. The molecule has 0 spiro atoms. The summed E-state index contributed by atoms with van der Waals surface area (Å²) in [5.41, 5.74) is 0.176. The van der Waals surface area contributed by atoms with Gasteiger partial charge in [0.05, 0.1) is 6.61 Å². The van der Waals surface area contributed by atoms with Gasteiger partial charge < -0.3 is 18.7 Å². The summed E-state index contributed by atoms with van der Waals surface area (Å²) in [6, 6.07) is 0.887. The van der Waals surface area contributed by atoms with E-state index in [0.717, 1.165) is 51.4 Å². The standard InChI is InChI=1S/C14H28O4Si.C4H6O2/c1-4-7-11-17-19(18-12-8-5-2)13-9-10-16-14(15)6-3;1-3(2)4(5)6/h6,19H,3-5,7-13H2,1-2H3;1H2,2H3,(H,5,6). The van der Waals surface area contributed by atoms with Crippen LogP contribution in [-0.4, -0.2) is 46.1 Å². The normalized spacial score (nSPS) is 9.92. The van der Waals surface area contributed by atoms with Crippen LogP contribution in [0.5, 0.6) is 0 Å². The highest BCUT2D eigenvalue weighted by Crippen LogP contribution is 2.05. The molecule has 0 amide bonds. The van der Waals surface area contributed by atoms with Crippen molar-refractivity contribution in [1.29, 1.82) is 0 Å². The minimum absolute atomic E-state index is 0.176. The van der Waals surface area contributed by atoms with Gasteiger partial charge in [-0.1, -0.05) is 39.8 Å². The fourth-order valence-electron chi connectivity index (χ4n) is 1.41. The van der Waals surface area contributed by atoms with Crippen LogP contribution in [0.1, 0.15) is 52.9 Å². The highest BCUT2D eigenvalue weighted by molar-refractivity contribution is 6.44. The van der Waals surface area contributed by atoms with E-state index in [1.54, 1.807) is 0 Å². The first kappa shape index (κ1) is 25.8. The topological polar surface area (TPSA) is 82.1 Å². The molecule has 0 saturated carbocycles. The maximum Gasteiger partial charge on any atom is 0.330 e. The van der Waals surface area contributed by atoms with Crippen LogP contribution in [0.4, 0.5) is 0 Å². The molecule has 0 aromatic carbocycles. The molecule has 0 aliphatic heterocycles. The van der Waals surface area contributed by atoms with E-state index in [1.807, 2.05) is 0 Å². The molecule has 0 saturated heterocycles. The summed E-state index contributed by atoms with van der Waals surface area (Å²) in [4.78, 5) is 20.5. The van der Waals surface area contributed by atoms with Gasteiger partial charge in [-0.25, -0.2) is 9.59 Å². The molecule has 0 bridgehead atoms. The van der Waals surface area contributed by atoms with Crippen LogP contribution < -0.4 is 0 Å². The number of hydrogen-bond acceptors (Lipinski definition) is 5. The Morgan fingerprint density at radius 3 is 1.88 bits per heavy atom. The molecule has 0 aliphatic carbocycles. The van der Waals surface area contributed by atoms with Crippen LogP contribution in [0.15, 0.2) is 24.8 Å². The first-order chi connectivity index (χ1) is 11.9. The lowest BCUT2D eigenvalue weighted by atomic mass is 10.4. The van der Waals surface area contributed by atoms with E-state index in [-0.39, 0.29) is 11.5 Å². The first-order valence-electron chi connectivity index (χ1n) is 8.80. The first-order valence-corrected chi connectivity index (χ1v) is 10.6. The molecular formula is C18H34O6Si. The van der Waals surface area contributed by atoms with Crippen LogP contribution >= 0.6 is 0 Å². The van der Waals surface area contributed by atoms with Crippen molar-refractivity contribution in [3.63, 3.8) is 0 Å². The number of aliphatic carboxylic acids is 1. The zero-order chi connectivity index (χ0) is 19.5. The second-order valence-corrected chi connectivity index (χ2v) is 7.58. The number of carboxylic acids is 1. The third-order valence-electron chi connectivity index (χ3n) is 2.96. The maximum atomic E-state index is 10.9.